The Hall–Kier alpha value is -0.0400. The van der Waals surface area contributed by atoms with Gasteiger partial charge in [0.25, 0.3) is 0 Å². The van der Waals surface area contributed by atoms with E-state index in [4.69, 9.17) is 0 Å². The van der Waals surface area contributed by atoms with Crippen LogP contribution in [0, 0.1) is 5.92 Å². The Morgan fingerprint density at radius 1 is 1.30 bits per heavy atom. The summed E-state index contributed by atoms with van der Waals surface area (Å²) < 4.78 is 0. The van der Waals surface area contributed by atoms with Crippen molar-refractivity contribution in [1.82, 2.24) is 5.32 Å². The summed E-state index contributed by atoms with van der Waals surface area (Å²) in [5.41, 5.74) is 0. The third kappa shape index (κ3) is 1.72. The summed E-state index contributed by atoms with van der Waals surface area (Å²) in [7, 11) is 0. The van der Waals surface area contributed by atoms with Gasteiger partial charge in [-0.05, 0) is 31.7 Å². The predicted octanol–water partition coefficient (Wildman–Crippen LogP) is 2.17. The van der Waals surface area contributed by atoms with Gasteiger partial charge in [0.1, 0.15) is 0 Å². The first-order valence-corrected chi connectivity index (χ1v) is 4.61. The zero-order valence-electron chi connectivity index (χ0n) is 7.19. The predicted molar refractivity (Wildman–Crippen MR) is 45.1 cm³/mol. The standard InChI is InChI=1S/C9H19N/c1-3-8-6-5-7-10-9(8)4-2/h8-10H,3-7H2,1-2H3/t8-,9-/m0/s1. The van der Waals surface area contributed by atoms with Gasteiger partial charge in [0.2, 0.25) is 0 Å². The van der Waals surface area contributed by atoms with Gasteiger partial charge in [0.05, 0.1) is 0 Å². The van der Waals surface area contributed by atoms with E-state index in [0.29, 0.717) is 0 Å². The Morgan fingerprint density at radius 3 is 2.60 bits per heavy atom. The second-order valence-corrected chi connectivity index (χ2v) is 3.28. The van der Waals surface area contributed by atoms with Gasteiger partial charge < -0.3 is 5.32 Å². The Kier molecular flexibility index (Phi) is 3.20. The molecule has 2 atom stereocenters. The molecule has 10 heavy (non-hydrogen) atoms. The van der Waals surface area contributed by atoms with E-state index in [1.54, 1.807) is 0 Å². The first kappa shape index (κ1) is 8.06. The van der Waals surface area contributed by atoms with Crippen molar-refractivity contribution in [1.29, 1.82) is 0 Å². The van der Waals surface area contributed by atoms with E-state index < -0.39 is 0 Å². The molecule has 1 saturated heterocycles. The van der Waals surface area contributed by atoms with Crippen molar-refractivity contribution in [3.63, 3.8) is 0 Å². The highest BCUT2D eigenvalue weighted by Crippen LogP contribution is 2.21. The van der Waals surface area contributed by atoms with E-state index in [1.165, 1.54) is 32.2 Å². The minimum absolute atomic E-state index is 0.818. The molecule has 0 bridgehead atoms. The van der Waals surface area contributed by atoms with Crippen LogP contribution >= 0.6 is 0 Å². The lowest BCUT2D eigenvalue weighted by Gasteiger charge is -2.31. The molecule has 1 heterocycles. The highest BCUT2D eigenvalue weighted by atomic mass is 14.9. The molecular formula is C9H19N. The zero-order chi connectivity index (χ0) is 7.40. The van der Waals surface area contributed by atoms with Crippen LogP contribution in [-0.4, -0.2) is 12.6 Å². The second kappa shape index (κ2) is 3.97. The number of hydrogen-bond donors (Lipinski definition) is 1. The van der Waals surface area contributed by atoms with Crippen LogP contribution in [0.2, 0.25) is 0 Å². The van der Waals surface area contributed by atoms with E-state index in [9.17, 15) is 0 Å². The van der Waals surface area contributed by atoms with Crippen molar-refractivity contribution in [2.45, 2.75) is 45.6 Å². The molecule has 1 rings (SSSR count). The highest BCUT2D eigenvalue weighted by molar-refractivity contribution is 4.78. The average Bonchev–Trinajstić information content (AvgIpc) is 2.04. The number of nitrogens with one attached hydrogen (secondary N) is 1. The Labute approximate surface area is 64.2 Å². The highest BCUT2D eigenvalue weighted by Gasteiger charge is 2.20. The minimum Gasteiger partial charge on any atom is -0.314 e. The lowest BCUT2D eigenvalue weighted by molar-refractivity contribution is 0.267. The molecule has 1 N–H and O–H groups in total. The minimum atomic E-state index is 0.818. The van der Waals surface area contributed by atoms with Crippen LogP contribution in [0.15, 0.2) is 0 Å². The second-order valence-electron chi connectivity index (χ2n) is 3.28. The van der Waals surface area contributed by atoms with Crippen molar-refractivity contribution in [3.05, 3.63) is 0 Å². The summed E-state index contributed by atoms with van der Waals surface area (Å²) in [5.74, 6) is 0.957. The molecule has 60 valence electrons. The van der Waals surface area contributed by atoms with Gasteiger partial charge in [0, 0.05) is 6.04 Å². The molecule has 0 radical (unpaired) electrons. The fourth-order valence-corrected chi connectivity index (χ4v) is 1.99. The van der Waals surface area contributed by atoms with E-state index >= 15 is 0 Å². The first-order valence-electron chi connectivity index (χ1n) is 4.61. The topological polar surface area (TPSA) is 12.0 Å². The summed E-state index contributed by atoms with van der Waals surface area (Å²) in [6, 6.07) is 0.818. The van der Waals surface area contributed by atoms with Crippen LogP contribution in [0.5, 0.6) is 0 Å². The molecule has 0 aromatic rings. The molecule has 1 fully saturated rings. The molecule has 0 unspecified atom stereocenters. The van der Waals surface area contributed by atoms with Gasteiger partial charge in [-0.25, -0.2) is 0 Å². The fraction of sp³-hybridized carbons (Fsp3) is 1.00. The summed E-state index contributed by atoms with van der Waals surface area (Å²) in [6.45, 7) is 5.83. The van der Waals surface area contributed by atoms with Gasteiger partial charge in [-0.3, -0.25) is 0 Å². The number of piperidine rings is 1. The maximum Gasteiger partial charge on any atom is 0.00926 e. The normalized spacial score (nSPS) is 34.2. The Balaban J connectivity index is 2.34. The molecule has 1 aliphatic rings. The van der Waals surface area contributed by atoms with Crippen LogP contribution in [0.1, 0.15) is 39.5 Å². The Bertz CT molecular complexity index is 78.7. The summed E-state index contributed by atoms with van der Waals surface area (Å²) >= 11 is 0. The average molecular weight is 141 g/mol. The van der Waals surface area contributed by atoms with E-state index in [0.717, 1.165) is 12.0 Å². The SMILES string of the molecule is CC[C@H]1CCCN[C@H]1CC. The van der Waals surface area contributed by atoms with Gasteiger partial charge in [-0.1, -0.05) is 20.3 Å². The Morgan fingerprint density at radius 2 is 2.10 bits per heavy atom. The van der Waals surface area contributed by atoms with Crippen molar-refractivity contribution in [2.75, 3.05) is 6.54 Å². The molecule has 1 nitrogen and oxygen atoms in total. The molecule has 0 saturated carbocycles. The molecule has 0 aromatic heterocycles. The molecule has 1 heteroatoms. The van der Waals surface area contributed by atoms with Crippen molar-refractivity contribution in [2.24, 2.45) is 5.92 Å². The van der Waals surface area contributed by atoms with Gasteiger partial charge in [-0.2, -0.15) is 0 Å². The van der Waals surface area contributed by atoms with Crippen molar-refractivity contribution in [3.8, 4) is 0 Å². The number of rotatable bonds is 2. The van der Waals surface area contributed by atoms with Gasteiger partial charge >= 0.3 is 0 Å². The molecule has 0 spiro atoms. The summed E-state index contributed by atoms with van der Waals surface area (Å²) in [5, 5.41) is 3.57. The van der Waals surface area contributed by atoms with Crippen LogP contribution in [0.3, 0.4) is 0 Å². The van der Waals surface area contributed by atoms with E-state index in [1.807, 2.05) is 0 Å². The molecule has 0 aromatic carbocycles. The molecule has 0 aliphatic carbocycles. The molecule has 0 amide bonds. The first-order chi connectivity index (χ1) is 4.88. The van der Waals surface area contributed by atoms with E-state index in [-0.39, 0.29) is 0 Å². The lowest BCUT2D eigenvalue weighted by atomic mass is 9.87. The fourth-order valence-electron chi connectivity index (χ4n) is 1.99. The maximum atomic E-state index is 3.57. The van der Waals surface area contributed by atoms with Crippen molar-refractivity contribution >= 4 is 0 Å². The van der Waals surface area contributed by atoms with E-state index in [2.05, 4.69) is 19.2 Å². The zero-order valence-corrected chi connectivity index (χ0v) is 7.19. The third-order valence-electron chi connectivity index (χ3n) is 2.69. The summed E-state index contributed by atoms with van der Waals surface area (Å²) in [4.78, 5) is 0. The van der Waals surface area contributed by atoms with Gasteiger partial charge in [0.15, 0.2) is 0 Å². The monoisotopic (exact) mass is 141 g/mol. The van der Waals surface area contributed by atoms with Crippen LogP contribution in [-0.2, 0) is 0 Å². The molecular weight excluding hydrogens is 122 g/mol. The van der Waals surface area contributed by atoms with Gasteiger partial charge in [-0.15, -0.1) is 0 Å². The largest absolute Gasteiger partial charge is 0.314 e. The molecule has 1 aliphatic heterocycles. The third-order valence-corrected chi connectivity index (χ3v) is 2.69. The summed E-state index contributed by atoms with van der Waals surface area (Å²) in [6.07, 6.45) is 5.49. The van der Waals surface area contributed by atoms with Crippen molar-refractivity contribution < 1.29 is 0 Å². The quantitative estimate of drug-likeness (QED) is 0.621. The maximum absolute atomic E-state index is 3.57. The number of hydrogen-bond acceptors (Lipinski definition) is 1. The lowest BCUT2D eigenvalue weighted by Crippen LogP contribution is -2.40. The van der Waals surface area contributed by atoms with Crippen LogP contribution < -0.4 is 5.32 Å². The van der Waals surface area contributed by atoms with Crippen LogP contribution in [0.4, 0.5) is 0 Å². The smallest absolute Gasteiger partial charge is 0.00926 e. The van der Waals surface area contributed by atoms with Crippen LogP contribution in [0.25, 0.3) is 0 Å².